The van der Waals surface area contributed by atoms with Gasteiger partial charge in [0.1, 0.15) is 17.1 Å². The number of aromatic hydroxyl groups is 1. The van der Waals surface area contributed by atoms with E-state index in [4.69, 9.17) is 9.72 Å². The Balaban J connectivity index is 0.00000267. The SMILES string of the molecule is Cc1ccc2c(c1)c1cc(C)c(Oc3ccc4cccc(O)c4n3)[c-]c1n2-c1cc(C)c(C)cn1.[Pt]. The fourth-order valence-electron chi connectivity index (χ4n) is 4.54. The molecule has 0 fully saturated rings. The average Bonchev–Trinajstić information content (AvgIpc) is 3.14. The van der Waals surface area contributed by atoms with Gasteiger partial charge in [-0.2, -0.15) is 6.07 Å². The molecule has 3 heterocycles. The summed E-state index contributed by atoms with van der Waals surface area (Å²) in [6.07, 6.45) is 1.91. The zero-order valence-corrected chi connectivity index (χ0v) is 22.6. The van der Waals surface area contributed by atoms with E-state index in [0.29, 0.717) is 17.1 Å². The van der Waals surface area contributed by atoms with Gasteiger partial charge in [0.05, 0.1) is 0 Å². The van der Waals surface area contributed by atoms with E-state index < -0.39 is 0 Å². The molecule has 0 saturated heterocycles. The van der Waals surface area contributed by atoms with Crippen molar-refractivity contribution in [2.45, 2.75) is 27.7 Å². The number of hydrogen-bond donors (Lipinski definition) is 1. The molecule has 0 saturated carbocycles. The van der Waals surface area contributed by atoms with Gasteiger partial charge in [-0.15, -0.1) is 17.0 Å². The number of benzene rings is 3. The summed E-state index contributed by atoms with van der Waals surface area (Å²) in [6, 6.07) is 23.3. The Morgan fingerprint density at radius 2 is 1.69 bits per heavy atom. The van der Waals surface area contributed by atoms with E-state index >= 15 is 0 Å². The van der Waals surface area contributed by atoms with Crippen LogP contribution in [0.15, 0.2) is 66.9 Å². The van der Waals surface area contributed by atoms with Crippen molar-refractivity contribution in [3.8, 4) is 23.2 Å². The predicted octanol–water partition coefficient (Wildman–Crippen LogP) is 7.26. The second-order valence-electron chi connectivity index (χ2n) is 9.13. The maximum Gasteiger partial charge on any atom is 0.217 e. The van der Waals surface area contributed by atoms with Crippen molar-refractivity contribution in [2.24, 2.45) is 0 Å². The summed E-state index contributed by atoms with van der Waals surface area (Å²) in [5, 5.41) is 13.3. The van der Waals surface area contributed by atoms with Crippen LogP contribution in [0.3, 0.4) is 0 Å². The first kappa shape index (κ1) is 24.0. The third kappa shape index (κ3) is 3.94. The molecule has 0 aliphatic carbocycles. The summed E-state index contributed by atoms with van der Waals surface area (Å²) in [6.45, 7) is 8.28. The molecule has 0 aliphatic heterocycles. The van der Waals surface area contributed by atoms with Crippen LogP contribution in [-0.2, 0) is 21.1 Å². The van der Waals surface area contributed by atoms with Crippen LogP contribution in [0, 0.1) is 33.8 Å². The first-order chi connectivity index (χ1) is 16.9. The first-order valence-electron chi connectivity index (χ1n) is 11.6. The Labute approximate surface area is 223 Å². The molecule has 5 nitrogen and oxygen atoms in total. The molecule has 3 aromatic carbocycles. The molecule has 0 unspecified atom stereocenters. The molecule has 1 N–H and O–H groups in total. The minimum atomic E-state index is 0. The molecule has 0 radical (unpaired) electrons. The number of aryl methyl sites for hydroxylation is 4. The van der Waals surface area contributed by atoms with Crippen molar-refractivity contribution in [1.82, 2.24) is 14.5 Å². The van der Waals surface area contributed by atoms with Crippen LogP contribution in [0.1, 0.15) is 22.3 Å². The number of fused-ring (bicyclic) bond motifs is 4. The van der Waals surface area contributed by atoms with Crippen molar-refractivity contribution in [2.75, 3.05) is 0 Å². The fourth-order valence-corrected chi connectivity index (χ4v) is 4.54. The zero-order chi connectivity index (χ0) is 24.3. The van der Waals surface area contributed by atoms with Gasteiger partial charge in [0, 0.05) is 50.0 Å². The molecule has 0 spiro atoms. The largest absolute Gasteiger partial charge is 0.506 e. The summed E-state index contributed by atoms with van der Waals surface area (Å²) in [5.41, 5.74) is 6.95. The predicted molar refractivity (Wildman–Crippen MR) is 140 cm³/mol. The van der Waals surface area contributed by atoms with Crippen molar-refractivity contribution in [1.29, 1.82) is 0 Å². The molecule has 0 amide bonds. The van der Waals surface area contributed by atoms with E-state index in [1.807, 2.05) is 31.3 Å². The van der Waals surface area contributed by atoms with Crippen molar-refractivity contribution < 1.29 is 30.9 Å². The van der Waals surface area contributed by atoms with E-state index in [0.717, 1.165) is 44.1 Å². The number of pyridine rings is 2. The number of rotatable bonds is 3. The molecule has 182 valence electrons. The summed E-state index contributed by atoms with van der Waals surface area (Å²) < 4.78 is 8.36. The van der Waals surface area contributed by atoms with E-state index in [-0.39, 0.29) is 26.8 Å². The molecule has 3 aromatic heterocycles. The fraction of sp³-hybridized carbons (Fsp3) is 0.133. The van der Waals surface area contributed by atoms with Gasteiger partial charge in [0.25, 0.3) is 0 Å². The second-order valence-corrected chi connectivity index (χ2v) is 9.13. The summed E-state index contributed by atoms with van der Waals surface area (Å²) in [5.74, 6) is 1.96. The molecule has 0 atom stereocenters. The number of phenolic OH excluding ortho intramolecular Hbond substituents is 1. The van der Waals surface area contributed by atoms with Crippen LogP contribution < -0.4 is 4.74 Å². The minimum absolute atomic E-state index is 0. The molecule has 6 aromatic rings. The molecular weight excluding hydrogens is 629 g/mol. The van der Waals surface area contributed by atoms with Gasteiger partial charge in [-0.05, 0) is 61.5 Å². The second kappa shape index (κ2) is 9.07. The summed E-state index contributed by atoms with van der Waals surface area (Å²) in [7, 11) is 0. The van der Waals surface area contributed by atoms with Crippen LogP contribution in [0.2, 0.25) is 0 Å². The van der Waals surface area contributed by atoms with Gasteiger partial charge >= 0.3 is 0 Å². The van der Waals surface area contributed by atoms with E-state index in [1.165, 1.54) is 11.1 Å². The van der Waals surface area contributed by atoms with Gasteiger partial charge in [0.2, 0.25) is 5.88 Å². The van der Waals surface area contributed by atoms with Crippen molar-refractivity contribution >= 4 is 32.7 Å². The summed E-state index contributed by atoms with van der Waals surface area (Å²) in [4.78, 5) is 9.28. The molecule has 0 aliphatic rings. The van der Waals surface area contributed by atoms with Gasteiger partial charge in [-0.3, -0.25) is 0 Å². The van der Waals surface area contributed by atoms with Crippen LogP contribution in [-0.4, -0.2) is 19.6 Å². The quantitative estimate of drug-likeness (QED) is 0.205. The van der Waals surface area contributed by atoms with Crippen LogP contribution in [0.5, 0.6) is 17.4 Å². The first-order valence-corrected chi connectivity index (χ1v) is 11.6. The summed E-state index contributed by atoms with van der Waals surface area (Å²) >= 11 is 0. The third-order valence-corrected chi connectivity index (χ3v) is 6.58. The Kier molecular flexibility index (Phi) is 6.05. The smallest absolute Gasteiger partial charge is 0.217 e. The Morgan fingerprint density at radius 1 is 0.861 bits per heavy atom. The molecule has 6 heteroatoms. The van der Waals surface area contributed by atoms with Gasteiger partial charge < -0.3 is 14.4 Å². The van der Waals surface area contributed by atoms with Gasteiger partial charge in [-0.25, -0.2) is 9.97 Å². The van der Waals surface area contributed by atoms with Crippen LogP contribution >= 0.6 is 0 Å². The minimum Gasteiger partial charge on any atom is -0.506 e. The maximum absolute atomic E-state index is 10.2. The molecular formula is C30H24N3O2Pt-. The van der Waals surface area contributed by atoms with Gasteiger partial charge in [-0.1, -0.05) is 42.3 Å². The normalized spacial score (nSPS) is 11.2. The number of phenols is 1. The molecule has 0 bridgehead atoms. The van der Waals surface area contributed by atoms with E-state index in [1.54, 1.807) is 12.1 Å². The number of ether oxygens (including phenoxy) is 1. The number of hydrogen-bond acceptors (Lipinski definition) is 4. The molecule has 36 heavy (non-hydrogen) atoms. The topological polar surface area (TPSA) is 60.2 Å². The Bertz CT molecular complexity index is 1790. The average molecular weight is 654 g/mol. The van der Waals surface area contributed by atoms with Crippen molar-refractivity contribution in [3.05, 3.63) is 95.2 Å². The molecule has 6 rings (SSSR count). The standard InChI is InChI=1S/C30H24N3O2.Pt/c1-17-8-10-24-22(12-17)23-13-19(3)27(15-25(23)33(24)28-14-18(2)20(4)16-31-28)35-29-11-9-21-6-5-7-26(34)30(21)32-29;/h5-14,16,34H,1-4H3;/q-1;. The van der Waals surface area contributed by atoms with E-state index in [2.05, 4.69) is 66.7 Å². The van der Waals surface area contributed by atoms with Gasteiger partial charge in [0.15, 0.2) is 0 Å². The Morgan fingerprint density at radius 3 is 2.50 bits per heavy atom. The zero-order valence-electron chi connectivity index (χ0n) is 20.4. The monoisotopic (exact) mass is 653 g/mol. The number of para-hydroxylation sites is 1. The number of aromatic nitrogens is 3. The van der Waals surface area contributed by atoms with Crippen LogP contribution in [0.4, 0.5) is 0 Å². The number of nitrogens with zero attached hydrogens (tertiary/aromatic N) is 3. The maximum atomic E-state index is 10.2. The third-order valence-electron chi connectivity index (χ3n) is 6.58. The van der Waals surface area contributed by atoms with Crippen molar-refractivity contribution in [3.63, 3.8) is 0 Å². The van der Waals surface area contributed by atoms with E-state index in [9.17, 15) is 5.11 Å². The van der Waals surface area contributed by atoms with Crippen LogP contribution in [0.25, 0.3) is 38.5 Å². The Hall–Kier alpha value is -3.69.